The van der Waals surface area contributed by atoms with Crippen molar-refractivity contribution in [2.24, 2.45) is 5.41 Å². The zero-order valence-corrected chi connectivity index (χ0v) is 6.97. The molecule has 0 saturated carbocycles. The summed E-state index contributed by atoms with van der Waals surface area (Å²) in [5.41, 5.74) is 0.390. The highest BCUT2D eigenvalue weighted by Gasteiger charge is 2.35. The Morgan fingerprint density at radius 2 is 2.00 bits per heavy atom. The molecule has 0 radical (unpaired) electrons. The minimum absolute atomic E-state index is 0.244. The third-order valence-electron chi connectivity index (χ3n) is 2.09. The first-order chi connectivity index (χ1) is 4.99. The summed E-state index contributed by atoms with van der Waals surface area (Å²) in [5, 5.41) is 8.30. The maximum atomic E-state index is 10.9. The van der Waals surface area contributed by atoms with Crippen LogP contribution in [0.15, 0.2) is 0 Å². The van der Waals surface area contributed by atoms with Crippen molar-refractivity contribution >= 4 is 11.7 Å². The number of amides is 1. The number of nitrogens with one attached hydrogen (secondary N) is 1. The first-order valence-electron chi connectivity index (χ1n) is 3.44. The number of rotatable bonds is 3. The van der Waals surface area contributed by atoms with Crippen LogP contribution in [0.2, 0.25) is 0 Å². The lowest BCUT2D eigenvalue weighted by molar-refractivity contribution is -0.146. The Bertz CT molecular complexity index is 179. The molecule has 0 heterocycles. The van der Waals surface area contributed by atoms with Crippen LogP contribution in [0.1, 0.15) is 27.2 Å². The van der Waals surface area contributed by atoms with Gasteiger partial charge in [-0.25, -0.2) is 5.48 Å². The third kappa shape index (κ3) is 1.77. The van der Waals surface area contributed by atoms with Gasteiger partial charge in [-0.2, -0.15) is 0 Å². The van der Waals surface area contributed by atoms with Crippen LogP contribution in [-0.4, -0.2) is 16.9 Å². The minimum Gasteiger partial charge on any atom is -0.299 e. The Morgan fingerprint density at radius 3 is 2.09 bits per heavy atom. The van der Waals surface area contributed by atoms with Gasteiger partial charge in [0, 0.05) is 0 Å². The van der Waals surface area contributed by atoms with Crippen molar-refractivity contribution in [3.05, 3.63) is 0 Å². The molecule has 64 valence electrons. The summed E-state index contributed by atoms with van der Waals surface area (Å²) < 4.78 is 0. The Balaban J connectivity index is 4.59. The summed E-state index contributed by atoms with van der Waals surface area (Å²) in [6, 6.07) is 0. The highest BCUT2D eigenvalue weighted by atomic mass is 16.5. The zero-order chi connectivity index (χ0) is 9.07. The molecule has 0 aromatic carbocycles. The van der Waals surface area contributed by atoms with Crippen molar-refractivity contribution in [2.45, 2.75) is 27.2 Å². The lowest BCUT2D eigenvalue weighted by atomic mass is 9.83. The Morgan fingerprint density at radius 1 is 1.55 bits per heavy atom. The molecule has 0 aliphatic heterocycles. The summed E-state index contributed by atoms with van der Waals surface area (Å²) in [6.07, 6.45) is 0.384. The smallest absolute Gasteiger partial charge is 0.256 e. The van der Waals surface area contributed by atoms with Gasteiger partial charge in [0.2, 0.25) is 0 Å². The number of carbonyl (C=O) groups excluding carboxylic acids is 2. The molecule has 0 bridgehead atoms. The molecule has 11 heavy (non-hydrogen) atoms. The van der Waals surface area contributed by atoms with Gasteiger partial charge in [0.25, 0.3) is 5.91 Å². The van der Waals surface area contributed by atoms with Gasteiger partial charge >= 0.3 is 0 Å². The van der Waals surface area contributed by atoms with Crippen LogP contribution in [0.5, 0.6) is 0 Å². The molecule has 0 aliphatic carbocycles. The molecule has 0 aliphatic rings. The molecule has 0 aromatic rings. The predicted octanol–water partition coefficient (Wildman–Crippen LogP) is 0.497. The quantitative estimate of drug-likeness (QED) is 0.358. The van der Waals surface area contributed by atoms with Gasteiger partial charge in [0.1, 0.15) is 11.2 Å². The number of hydroxylamine groups is 1. The van der Waals surface area contributed by atoms with Crippen molar-refractivity contribution in [1.82, 2.24) is 5.48 Å². The Hall–Kier alpha value is -0.900. The second kappa shape index (κ2) is 3.48. The van der Waals surface area contributed by atoms with Crippen molar-refractivity contribution in [1.29, 1.82) is 0 Å². The standard InChI is InChI=1S/C7H13NO3/c1-4-7(3,5(2)9)6(10)8-11/h11H,4H2,1-3H3,(H,8,10)/t7-/m0/s1. The summed E-state index contributed by atoms with van der Waals surface area (Å²) in [5.74, 6) is -0.890. The summed E-state index contributed by atoms with van der Waals surface area (Å²) >= 11 is 0. The number of hydrogen-bond acceptors (Lipinski definition) is 3. The van der Waals surface area contributed by atoms with E-state index in [9.17, 15) is 9.59 Å². The van der Waals surface area contributed by atoms with Crippen LogP contribution in [0.25, 0.3) is 0 Å². The first-order valence-corrected chi connectivity index (χ1v) is 3.44. The number of hydrogen-bond donors (Lipinski definition) is 2. The SMILES string of the molecule is CC[C@@](C)(C(C)=O)C(=O)NO. The van der Waals surface area contributed by atoms with E-state index in [0.717, 1.165) is 0 Å². The van der Waals surface area contributed by atoms with E-state index < -0.39 is 11.3 Å². The van der Waals surface area contributed by atoms with E-state index in [1.165, 1.54) is 19.3 Å². The molecule has 4 nitrogen and oxygen atoms in total. The lowest BCUT2D eigenvalue weighted by Gasteiger charge is -2.21. The van der Waals surface area contributed by atoms with E-state index in [0.29, 0.717) is 6.42 Å². The van der Waals surface area contributed by atoms with E-state index in [1.54, 1.807) is 6.92 Å². The van der Waals surface area contributed by atoms with Crippen molar-refractivity contribution in [3.63, 3.8) is 0 Å². The summed E-state index contributed by atoms with van der Waals surface area (Å²) in [7, 11) is 0. The number of ketones is 1. The molecule has 0 spiro atoms. The number of carbonyl (C=O) groups is 2. The van der Waals surface area contributed by atoms with Gasteiger partial charge < -0.3 is 0 Å². The fraction of sp³-hybridized carbons (Fsp3) is 0.714. The van der Waals surface area contributed by atoms with Gasteiger partial charge in [-0.15, -0.1) is 0 Å². The van der Waals surface area contributed by atoms with Crippen LogP contribution in [-0.2, 0) is 9.59 Å². The Labute approximate surface area is 65.6 Å². The van der Waals surface area contributed by atoms with E-state index >= 15 is 0 Å². The molecule has 0 unspecified atom stereocenters. The van der Waals surface area contributed by atoms with Crippen molar-refractivity contribution < 1.29 is 14.8 Å². The summed E-state index contributed by atoms with van der Waals surface area (Å²) in [4.78, 5) is 21.8. The lowest BCUT2D eigenvalue weighted by Crippen LogP contribution is -2.41. The van der Waals surface area contributed by atoms with Crippen LogP contribution >= 0.6 is 0 Å². The molecule has 0 rings (SSSR count). The van der Waals surface area contributed by atoms with Crippen molar-refractivity contribution in [2.75, 3.05) is 0 Å². The van der Waals surface area contributed by atoms with Crippen LogP contribution in [0.3, 0.4) is 0 Å². The molecule has 1 atom stereocenters. The predicted molar refractivity (Wildman–Crippen MR) is 39.0 cm³/mol. The summed E-state index contributed by atoms with van der Waals surface area (Å²) in [6.45, 7) is 4.55. The maximum Gasteiger partial charge on any atom is 0.256 e. The monoisotopic (exact) mass is 159 g/mol. The molecular formula is C7H13NO3. The van der Waals surface area contributed by atoms with E-state index in [-0.39, 0.29) is 5.78 Å². The largest absolute Gasteiger partial charge is 0.299 e. The number of Topliss-reactive ketones (excluding diaryl/α,β-unsaturated/α-hetero) is 1. The highest BCUT2D eigenvalue weighted by molar-refractivity contribution is 6.04. The van der Waals surface area contributed by atoms with Gasteiger partial charge in [-0.05, 0) is 20.3 Å². The van der Waals surface area contributed by atoms with Gasteiger partial charge in [-0.1, -0.05) is 6.92 Å². The normalized spacial score (nSPS) is 15.3. The average Bonchev–Trinajstić information content (AvgIpc) is 2.01. The second-order valence-electron chi connectivity index (χ2n) is 2.68. The Kier molecular flexibility index (Phi) is 3.19. The fourth-order valence-electron chi connectivity index (χ4n) is 0.693. The molecule has 1 amide bonds. The molecule has 0 aromatic heterocycles. The van der Waals surface area contributed by atoms with Crippen LogP contribution in [0.4, 0.5) is 0 Å². The van der Waals surface area contributed by atoms with Crippen LogP contribution < -0.4 is 5.48 Å². The van der Waals surface area contributed by atoms with Crippen molar-refractivity contribution in [3.8, 4) is 0 Å². The highest BCUT2D eigenvalue weighted by Crippen LogP contribution is 2.21. The topological polar surface area (TPSA) is 66.4 Å². The van der Waals surface area contributed by atoms with Gasteiger partial charge in [0.05, 0.1) is 0 Å². The average molecular weight is 159 g/mol. The fourth-order valence-corrected chi connectivity index (χ4v) is 0.693. The van der Waals surface area contributed by atoms with E-state index in [1.807, 2.05) is 0 Å². The molecule has 0 saturated heterocycles. The molecule has 4 heteroatoms. The molecule has 0 fully saturated rings. The second-order valence-corrected chi connectivity index (χ2v) is 2.68. The maximum absolute atomic E-state index is 10.9. The first kappa shape index (κ1) is 10.1. The molecule has 2 N–H and O–H groups in total. The van der Waals surface area contributed by atoms with E-state index in [2.05, 4.69) is 0 Å². The van der Waals surface area contributed by atoms with Gasteiger partial charge in [0.15, 0.2) is 0 Å². The third-order valence-corrected chi connectivity index (χ3v) is 2.09. The molecular weight excluding hydrogens is 146 g/mol. The van der Waals surface area contributed by atoms with Crippen LogP contribution in [0, 0.1) is 5.41 Å². The zero-order valence-electron chi connectivity index (χ0n) is 6.97. The van der Waals surface area contributed by atoms with E-state index in [4.69, 9.17) is 5.21 Å². The van der Waals surface area contributed by atoms with Gasteiger partial charge in [-0.3, -0.25) is 14.8 Å². The minimum atomic E-state index is -1.09.